The van der Waals surface area contributed by atoms with Crippen LogP contribution in [-0.4, -0.2) is 17.8 Å². The molecule has 0 unspecified atom stereocenters. The fraction of sp³-hybridized carbons (Fsp3) is 0.125. The molecule has 5 nitrogen and oxygen atoms in total. The highest BCUT2D eigenvalue weighted by molar-refractivity contribution is 6.32. The number of carbonyl (C=O) groups is 1. The van der Waals surface area contributed by atoms with Crippen molar-refractivity contribution in [3.63, 3.8) is 0 Å². The monoisotopic (exact) mass is 215 g/mol. The quantitative estimate of drug-likeness (QED) is 0.436. The number of hydrogen-bond acceptors (Lipinski definition) is 4. The Hall–Kier alpha value is -1.62. The van der Waals surface area contributed by atoms with Crippen molar-refractivity contribution in [3.05, 3.63) is 33.3 Å². The topological polar surface area (TPSA) is 69.4 Å². The molecule has 0 amide bonds. The van der Waals surface area contributed by atoms with Crippen molar-refractivity contribution in [3.8, 4) is 5.75 Å². The van der Waals surface area contributed by atoms with Crippen molar-refractivity contribution in [1.29, 1.82) is 0 Å². The van der Waals surface area contributed by atoms with Gasteiger partial charge in [-0.15, -0.1) is 0 Å². The van der Waals surface area contributed by atoms with Crippen molar-refractivity contribution in [2.24, 2.45) is 0 Å². The Labute approximate surface area is 84.4 Å². The van der Waals surface area contributed by atoms with Gasteiger partial charge in [-0.2, -0.15) is 0 Å². The fourth-order valence-electron chi connectivity index (χ4n) is 0.901. The van der Waals surface area contributed by atoms with Crippen LogP contribution in [0.15, 0.2) is 18.2 Å². The molecule has 0 bridgehead atoms. The minimum absolute atomic E-state index is 0.0775. The lowest BCUT2D eigenvalue weighted by Gasteiger charge is -2.04. The van der Waals surface area contributed by atoms with Gasteiger partial charge in [-0.3, -0.25) is 14.9 Å². The highest BCUT2D eigenvalue weighted by Gasteiger charge is 2.17. The average molecular weight is 216 g/mol. The van der Waals surface area contributed by atoms with Crippen LogP contribution in [-0.2, 0) is 4.79 Å². The Balaban J connectivity index is 3.08. The second kappa shape index (κ2) is 4.57. The third kappa shape index (κ3) is 2.20. The van der Waals surface area contributed by atoms with Crippen LogP contribution in [0.1, 0.15) is 0 Å². The van der Waals surface area contributed by atoms with E-state index in [1.165, 1.54) is 18.2 Å². The van der Waals surface area contributed by atoms with Crippen molar-refractivity contribution in [2.75, 3.05) is 6.61 Å². The normalized spacial score (nSPS) is 9.50. The van der Waals surface area contributed by atoms with E-state index in [1.54, 1.807) is 0 Å². The summed E-state index contributed by atoms with van der Waals surface area (Å²) < 4.78 is 4.84. The van der Waals surface area contributed by atoms with Crippen LogP contribution in [0.5, 0.6) is 5.75 Å². The predicted octanol–water partition coefficient (Wildman–Crippen LogP) is 1.83. The van der Waals surface area contributed by atoms with E-state index in [0.29, 0.717) is 6.29 Å². The Kier molecular flexibility index (Phi) is 3.41. The summed E-state index contributed by atoms with van der Waals surface area (Å²) in [6.07, 6.45) is 0.493. The van der Waals surface area contributed by atoms with E-state index in [1.807, 2.05) is 0 Å². The second-order valence-electron chi connectivity index (χ2n) is 2.32. The number of hydrogen-bond donors (Lipinski definition) is 0. The molecule has 0 heterocycles. The summed E-state index contributed by atoms with van der Waals surface area (Å²) in [5.41, 5.74) is -0.251. The minimum atomic E-state index is -0.619. The average Bonchev–Trinajstić information content (AvgIpc) is 2.15. The summed E-state index contributed by atoms with van der Waals surface area (Å²) in [6.45, 7) is -0.259. The third-order valence-electron chi connectivity index (χ3n) is 1.44. The Morgan fingerprint density at radius 3 is 2.86 bits per heavy atom. The SMILES string of the molecule is O=CCOc1c(Cl)cccc1[N+](=O)[O-]. The van der Waals surface area contributed by atoms with Crippen molar-refractivity contribution >= 4 is 23.6 Å². The number of ether oxygens (including phenoxy) is 1. The molecule has 0 saturated carbocycles. The summed E-state index contributed by atoms with van der Waals surface area (Å²) >= 11 is 5.66. The van der Waals surface area contributed by atoms with E-state index in [9.17, 15) is 14.9 Å². The van der Waals surface area contributed by atoms with E-state index in [-0.39, 0.29) is 23.1 Å². The van der Waals surface area contributed by atoms with Crippen LogP contribution in [0.4, 0.5) is 5.69 Å². The molecule has 0 N–H and O–H groups in total. The van der Waals surface area contributed by atoms with Gasteiger partial charge in [0.25, 0.3) is 0 Å². The van der Waals surface area contributed by atoms with Gasteiger partial charge in [-0.1, -0.05) is 17.7 Å². The van der Waals surface area contributed by atoms with Crippen molar-refractivity contribution in [2.45, 2.75) is 0 Å². The van der Waals surface area contributed by atoms with Gasteiger partial charge >= 0.3 is 5.69 Å². The molecule has 74 valence electrons. The second-order valence-corrected chi connectivity index (χ2v) is 2.73. The summed E-state index contributed by atoms with van der Waals surface area (Å²) in [5, 5.41) is 10.6. The van der Waals surface area contributed by atoms with Gasteiger partial charge in [-0.05, 0) is 6.07 Å². The maximum Gasteiger partial charge on any atom is 0.312 e. The molecular weight excluding hydrogens is 210 g/mol. The summed E-state index contributed by atoms with van der Waals surface area (Å²) in [5.74, 6) is -0.0775. The molecule has 0 aliphatic carbocycles. The molecule has 0 aliphatic heterocycles. The first-order chi connectivity index (χ1) is 6.66. The molecular formula is C8H6ClNO4. The van der Waals surface area contributed by atoms with Gasteiger partial charge in [0.15, 0.2) is 6.29 Å². The largest absolute Gasteiger partial charge is 0.478 e. The standard InChI is InChI=1S/C8H6ClNO4/c9-6-2-1-3-7(10(12)13)8(6)14-5-4-11/h1-4H,5H2. The maximum atomic E-state index is 10.5. The Morgan fingerprint density at radius 1 is 1.57 bits per heavy atom. The molecule has 0 radical (unpaired) electrons. The number of nitrogens with zero attached hydrogens (tertiary/aromatic N) is 1. The molecule has 14 heavy (non-hydrogen) atoms. The van der Waals surface area contributed by atoms with Crippen LogP contribution in [0.2, 0.25) is 5.02 Å². The number of carbonyl (C=O) groups excluding carboxylic acids is 1. The predicted molar refractivity (Wildman–Crippen MR) is 49.7 cm³/mol. The Morgan fingerprint density at radius 2 is 2.29 bits per heavy atom. The highest BCUT2D eigenvalue weighted by Crippen LogP contribution is 2.33. The minimum Gasteiger partial charge on any atom is -0.478 e. The van der Waals surface area contributed by atoms with E-state index in [0.717, 1.165) is 0 Å². The Bertz CT molecular complexity index is 366. The molecule has 0 aromatic heterocycles. The van der Waals surface area contributed by atoms with Crippen LogP contribution in [0, 0.1) is 10.1 Å². The van der Waals surface area contributed by atoms with E-state index < -0.39 is 4.92 Å². The van der Waals surface area contributed by atoms with E-state index in [4.69, 9.17) is 16.3 Å². The molecule has 0 saturated heterocycles. The summed E-state index contributed by atoms with van der Waals surface area (Å²) in [7, 11) is 0. The van der Waals surface area contributed by atoms with Crippen LogP contribution in [0.25, 0.3) is 0 Å². The number of aldehydes is 1. The third-order valence-corrected chi connectivity index (χ3v) is 1.74. The number of rotatable bonds is 4. The van der Waals surface area contributed by atoms with E-state index >= 15 is 0 Å². The molecule has 0 atom stereocenters. The maximum absolute atomic E-state index is 10.5. The highest BCUT2D eigenvalue weighted by atomic mass is 35.5. The summed E-state index contributed by atoms with van der Waals surface area (Å²) in [4.78, 5) is 19.9. The number of benzene rings is 1. The van der Waals surface area contributed by atoms with Crippen LogP contribution in [0.3, 0.4) is 0 Å². The zero-order valence-electron chi connectivity index (χ0n) is 6.97. The van der Waals surface area contributed by atoms with Crippen molar-refractivity contribution in [1.82, 2.24) is 0 Å². The molecule has 1 aromatic carbocycles. The molecule has 1 rings (SSSR count). The number of nitro benzene ring substituents is 1. The van der Waals surface area contributed by atoms with Crippen LogP contribution < -0.4 is 4.74 Å². The van der Waals surface area contributed by atoms with Gasteiger partial charge in [-0.25, -0.2) is 0 Å². The van der Waals surface area contributed by atoms with Gasteiger partial charge in [0.05, 0.1) is 9.95 Å². The fourth-order valence-corrected chi connectivity index (χ4v) is 1.13. The zero-order chi connectivity index (χ0) is 10.6. The number of halogens is 1. The first kappa shape index (κ1) is 10.5. The first-order valence-electron chi connectivity index (χ1n) is 3.66. The zero-order valence-corrected chi connectivity index (χ0v) is 7.73. The molecule has 0 fully saturated rings. The van der Waals surface area contributed by atoms with Crippen molar-refractivity contribution < 1.29 is 14.5 Å². The van der Waals surface area contributed by atoms with Gasteiger partial charge in [0.1, 0.15) is 6.61 Å². The number of para-hydroxylation sites is 1. The van der Waals surface area contributed by atoms with Gasteiger partial charge in [0.2, 0.25) is 5.75 Å². The molecule has 0 spiro atoms. The lowest BCUT2D eigenvalue weighted by Crippen LogP contribution is -2.01. The molecule has 6 heteroatoms. The van der Waals surface area contributed by atoms with Crippen LogP contribution >= 0.6 is 11.6 Å². The molecule has 0 aliphatic rings. The smallest absolute Gasteiger partial charge is 0.312 e. The first-order valence-corrected chi connectivity index (χ1v) is 4.04. The van der Waals surface area contributed by atoms with E-state index in [2.05, 4.69) is 0 Å². The van der Waals surface area contributed by atoms with Gasteiger partial charge in [0, 0.05) is 6.07 Å². The lowest BCUT2D eigenvalue weighted by atomic mass is 10.3. The number of nitro groups is 1. The lowest BCUT2D eigenvalue weighted by molar-refractivity contribution is -0.385. The summed E-state index contributed by atoms with van der Waals surface area (Å²) in [6, 6.07) is 4.15. The molecule has 1 aromatic rings. The van der Waals surface area contributed by atoms with Gasteiger partial charge < -0.3 is 4.74 Å².